The molecule has 0 aromatic carbocycles. The van der Waals surface area contributed by atoms with Crippen LogP contribution in [0.5, 0.6) is 0 Å². The van der Waals surface area contributed by atoms with E-state index in [9.17, 15) is 9.18 Å². The number of carbonyl (C=O) groups is 1. The number of halogens is 1. The van der Waals surface area contributed by atoms with Crippen molar-refractivity contribution in [2.45, 2.75) is 25.8 Å². The van der Waals surface area contributed by atoms with Gasteiger partial charge in [0.1, 0.15) is 0 Å². The van der Waals surface area contributed by atoms with Crippen molar-refractivity contribution in [1.82, 2.24) is 10.3 Å². The summed E-state index contributed by atoms with van der Waals surface area (Å²) in [5.41, 5.74) is 5.30. The number of nitrogens with one attached hydrogen (secondary N) is 1. The predicted octanol–water partition coefficient (Wildman–Crippen LogP) is 3.14. The molecule has 2 heterocycles. The standard InChI is InChI=1S/C14H16FN3OS/c1-2-4-10(11-5-3-8-20-11)18-14(19)9-6-7-17-13(16)12(9)15/h3,5-8,10H,2,4H2,1H3,(H2,16,17)(H,18,19). The van der Waals surface area contributed by atoms with Gasteiger partial charge in [-0.3, -0.25) is 4.79 Å². The molecule has 0 bridgehead atoms. The smallest absolute Gasteiger partial charge is 0.254 e. The first kappa shape index (κ1) is 14.5. The van der Waals surface area contributed by atoms with E-state index in [1.165, 1.54) is 12.3 Å². The Bertz CT molecular complexity index is 586. The van der Waals surface area contributed by atoms with Crippen LogP contribution in [0.15, 0.2) is 29.8 Å². The van der Waals surface area contributed by atoms with E-state index in [0.29, 0.717) is 0 Å². The summed E-state index contributed by atoms with van der Waals surface area (Å²) in [5.74, 6) is -1.50. The molecule has 1 atom stereocenters. The van der Waals surface area contributed by atoms with Gasteiger partial charge in [-0.2, -0.15) is 0 Å². The minimum absolute atomic E-state index is 0.0739. The molecule has 0 radical (unpaired) electrons. The van der Waals surface area contributed by atoms with Crippen LogP contribution in [-0.4, -0.2) is 10.9 Å². The fourth-order valence-electron chi connectivity index (χ4n) is 1.94. The average Bonchev–Trinajstić information content (AvgIpc) is 2.95. The number of anilines is 1. The van der Waals surface area contributed by atoms with Gasteiger partial charge in [0.05, 0.1) is 11.6 Å². The molecule has 0 aliphatic carbocycles. The monoisotopic (exact) mass is 293 g/mol. The predicted molar refractivity (Wildman–Crippen MR) is 78.0 cm³/mol. The third-order valence-electron chi connectivity index (χ3n) is 2.93. The summed E-state index contributed by atoms with van der Waals surface area (Å²) in [4.78, 5) is 16.8. The number of nitrogens with zero attached hydrogens (tertiary/aromatic N) is 1. The first-order chi connectivity index (χ1) is 9.63. The average molecular weight is 293 g/mol. The molecule has 1 amide bonds. The van der Waals surface area contributed by atoms with Crippen LogP contribution in [-0.2, 0) is 0 Å². The van der Waals surface area contributed by atoms with E-state index < -0.39 is 11.7 Å². The Morgan fingerprint density at radius 1 is 1.55 bits per heavy atom. The topological polar surface area (TPSA) is 68.0 Å². The molecule has 6 heteroatoms. The van der Waals surface area contributed by atoms with Crippen LogP contribution in [0.4, 0.5) is 10.2 Å². The van der Waals surface area contributed by atoms with Crippen LogP contribution in [0.25, 0.3) is 0 Å². The Hall–Kier alpha value is -1.95. The van der Waals surface area contributed by atoms with E-state index in [-0.39, 0.29) is 17.4 Å². The van der Waals surface area contributed by atoms with Crippen LogP contribution >= 0.6 is 11.3 Å². The van der Waals surface area contributed by atoms with E-state index >= 15 is 0 Å². The highest BCUT2D eigenvalue weighted by Gasteiger charge is 2.19. The molecule has 2 aromatic rings. The summed E-state index contributed by atoms with van der Waals surface area (Å²) in [5, 5.41) is 4.81. The van der Waals surface area contributed by atoms with Crippen molar-refractivity contribution >= 4 is 23.1 Å². The molecule has 3 N–H and O–H groups in total. The lowest BCUT2D eigenvalue weighted by Crippen LogP contribution is -2.29. The Morgan fingerprint density at radius 3 is 3.00 bits per heavy atom. The van der Waals surface area contributed by atoms with Gasteiger partial charge in [0.25, 0.3) is 5.91 Å². The zero-order valence-corrected chi connectivity index (χ0v) is 11.9. The maximum Gasteiger partial charge on any atom is 0.254 e. The van der Waals surface area contributed by atoms with Crippen LogP contribution in [0, 0.1) is 5.82 Å². The lowest BCUT2D eigenvalue weighted by atomic mass is 10.1. The molecule has 20 heavy (non-hydrogen) atoms. The van der Waals surface area contributed by atoms with Crippen molar-refractivity contribution in [2.75, 3.05) is 5.73 Å². The Morgan fingerprint density at radius 2 is 2.35 bits per heavy atom. The molecule has 4 nitrogen and oxygen atoms in total. The van der Waals surface area contributed by atoms with Gasteiger partial charge in [0.2, 0.25) is 0 Å². The van der Waals surface area contributed by atoms with Crippen molar-refractivity contribution in [3.05, 3.63) is 46.0 Å². The van der Waals surface area contributed by atoms with Gasteiger partial charge in [0.15, 0.2) is 11.6 Å². The lowest BCUT2D eigenvalue weighted by molar-refractivity contribution is 0.0931. The summed E-state index contributed by atoms with van der Waals surface area (Å²) in [6.07, 6.45) is 3.05. The molecule has 1 unspecified atom stereocenters. The minimum atomic E-state index is -0.772. The van der Waals surface area contributed by atoms with Crippen molar-refractivity contribution in [2.24, 2.45) is 0 Å². The highest BCUT2D eigenvalue weighted by Crippen LogP contribution is 2.24. The molecular formula is C14H16FN3OS. The van der Waals surface area contributed by atoms with Crippen molar-refractivity contribution < 1.29 is 9.18 Å². The SMILES string of the molecule is CCCC(NC(=O)c1ccnc(N)c1F)c1cccs1. The van der Waals surface area contributed by atoms with Crippen LogP contribution in [0.3, 0.4) is 0 Å². The summed E-state index contributed by atoms with van der Waals surface area (Å²) in [7, 11) is 0. The molecule has 0 aliphatic rings. The highest BCUT2D eigenvalue weighted by atomic mass is 32.1. The van der Waals surface area contributed by atoms with Crippen LogP contribution in [0.1, 0.15) is 41.0 Å². The van der Waals surface area contributed by atoms with Gasteiger partial charge in [-0.15, -0.1) is 11.3 Å². The third kappa shape index (κ3) is 3.14. The van der Waals surface area contributed by atoms with E-state index in [1.54, 1.807) is 11.3 Å². The summed E-state index contributed by atoms with van der Waals surface area (Å²) in [6, 6.07) is 5.11. The summed E-state index contributed by atoms with van der Waals surface area (Å²) in [6.45, 7) is 2.04. The molecule has 0 saturated heterocycles. The highest BCUT2D eigenvalue weighted by molar-refractivity contribution is 7.10. The molecular weight excluding hydrogens is 277 g/mol. The largest absolute Gasteiger partial charge is 0.381 e. The fraction of sp³-hybridized carbons (Fsp3) is 0.286. The van der Waals surface area contributed by atoms with E-state index in [4.69, 9.17) is 5.73 Å². The number of pyridine rings is 1. The molecule has 2 aromatic heterocycles. The number of nitrogen functional groups attached to an aromatic ring is 1. The molecule has 106 valence electrons. The number of carbonyl (C=O) groups excluding carboxylic acids is 1. The second kappa shape index (κ2) is 6.47. The zero-order valence-electron chi connectivity index (χ0n) is 11.1. The summed E-state index contributed by atoms with van der Waals surface area (Å²) < 4.78 is 13.8. The normalized spacial score (nSPS) is 12.1. The van der Waals surface area contributed by atoms with E-state index in [1.807, 2.05) is 24.4 Å². The molecule has 0 aliphatic heterocycles. The van der Waals surface area contributed by atoms with Crippen LogP contribution in [0.2, 0.25) is 0 Å². The molecule has 0 fully saturated rings. The van der Waals surface area contributed by atoms with Gasteiger partial charge in [0, 0.05) is 11.1 Å². The Kier molecular flexibility index (Phi) is 4.68. The summed E-state index contributed by atoms with van der Waals surface area (Å²) >= 11 is 1.57. The van der Waals surface area contributed by atoms with E-state index in [0.717, 1.165) is 17.7 Å². The minimum Gasteiger partial charge on any atom is -0.381 e. The van der Waals surface area contributed by atoms with Gasteiger partial charge in [-0.05, 0) is 23.9 Å². The number of hydrogen-bond donors (Lipinski definition) is 2. The van der Waals surface area contributed by atoms with E-state index in [2.05, 4.69) is 10.3 Å². The molecule has 0 saturated carbocycles. The number of rotatable bonds is 5. The fourth-order valence-corrected chi connectivity index (χ4v) is 2.75. The number of amides is 1. The number of thiophene rings is 1. The lowest BCUT2D eigenvalue weighted by Gasteiger charge is -2.17. The molecule has 2 rings (SSSR count). The molecule has 0 spiro atoms. The van der Waals surface area contributed by atoms with Crippen molar-refractivity contribution in [1.29, 1.82) is 0 Å². The Balaban J connectivity index is 2.18. The van der Waals surface area contributed by atoms with Crippen molar-refractivity contribution in [3.8, 4) is 0 Å². The number of nitrogens with two attached hydrogens (primary N) is 1. The quantitative estimate of drug-likeness (QED) is 0.890. The second-order valence-electron chi connectivity index (χ2n) is 4.39. The van der Waals surface area contributed by atoms with Gasteiger partial charge >= 0.3 is 0 Å². The van der Waals surface area contributed by atoms with Gasteiger partial charge < -0.3 is 11.1 Å². The van der Waals surface area contributed by atoms with Gasteiger partial charge in [-0.25, -0.2) is 9.37 Å². The number of aromatic nitrogens is 1. The van der Waals surface area contributed by atoms with Crippen molar-refractivity contribution in [3.63, 3.8) is 0 Å². The first-order valence-corrected chi connectivity index (χ1v) is 7.25. The maximum atomic E-state index is 13.8. The zero-order chi connectivity index (χ0) is 14.5. The first-order valence-electron chi connectivity index (χ1n) is 6.37. The number of hydrogen-bond acceptors (Lipinski definition) is 4. The van der Waals surface area contributed by atoms with Crippen LogP contribution < -0.4 is 11.1 Å². The third-order valence-corrected chi connectivity index (χ3v) is 3.92. The Labute approximate surface area is 120 Å². The van der Waals surface area contributed by atoms with Gasteiger partial charge in [-0.1, -0.05) is 19.4 Å². The second-order valence-corrected chi connectivity index (χ2v) is 5.37. The maximum absolute atomic E-state index is 13.8.